The average Bonchev–Trinajstić information content (AvgIpc) is 2.37. The highest BCUT2D eigenvalue weighted by Gasteiger charge is 2.11. The smallest absolute Gasteiger partial charge is 0.336 e. The summed E-state index contributed by atoms with van der Waals surface area (Å²) >= 11 is 0. The first-order valence-corrected chi connectivity index (χ1v) is 7.15. The summed E-state index contributed by atoms with van der Waals surface area (Å²) in [4.78, 5) is 11.1. The molecule has 106 valence electrons. The Kier molecular flexibility index (Phi) is 6.40. The minimum absolute atomic E-state index is 0.375. The average molecular weight is 263 g/mol. The predicted octanol–water partition coefficient (Wildman–Crippen LogP) is 4.46. The molecule has 1 aromatic rings. The number of hydrogen-bond acceptors (Lipinski definition) is 2. The molecule has 1 aromatic carbocycles. The fourth-order valence-electron chi connectivity index (χ4n) is 2.24. The molecular formula is C16H25NO2. The Labute approximate surface area is 116 Å². The number of carboxylic acid groups (broad SMARTS) is 1. The number of hydrogen-bond donors (Lipinski definition) is 2. The first-order valence-electron chi connectivity index (χ1n) is 7.15. The molecule has 19 heavy (non-hydrogen) atoms. The molecule has 0 aromatic heterocycles. The van der Waals surface area contributed by atoms with Gasteiger partial charge in [0.1, 0.15) is 0 Å². The van der Waals surface area contributed by atoms with Gasteiger partial charge in [-0.3, -0.25) is 0 Å². The summed E-state index contributed by atoms with van der Waals surface area (Å²) < 4.78 is 0. The van der Waals surface area contributed by atoms with Crippen LogP contribution in [0.5, 0.6) is 0 Å². The molecule has 2 N–H and O–H groups in total. The van der Waals surface area contributed by atoms with Crippen molar-refractivity contribution in [1.29, 1.82) is 0 Å². The van der Waals surface area contributed by atoms with Gasteiger partial charge in [0.25, 0.3) is 0 Å². The lowest BCUT2D eigenvalue weighted by atomic mass is 10.0. The molecule has 0 aliphatic rings. The number of carbonyl (C=O) groups is 1. The molecule has 0 aliphatic carbocycles. The van der Waals surface area contributed by atoms with Crippen LogP contribution >= 0.6 is 0 Å². The highest BCUT2D eigenvalue weighted by atomic mass is 16.4. The normalized spacial score (nSPS) is 12.2. The molecular weight excluding hydrogens is 238 g/mol. The van der Waals surface area contributed by atoms with Gasteiger partial charge in [-0.2, -0.15) is 0 Å². The third-order valence-electron chi connectivity index (χ3n) is 3.46. The van der Waals surface area contributed by atoms with E-state index in [1.165, 1.54) is 25.7 Å². The molecule has 0 amide bonds. The molecule has 0 spiro atoms. The Morgan fingerprint density at radius 3 is 2.68 bits per heavy atom. The number of anilines is 1. The Bertz CT molecular complexity index is 415. The summed E-state index contributed by atoms with van der Waals surface area (Å²) in [6.07, 6.45) is 6.16. The van der Waals surface area contributed by atoms with Gasteiger partial charge in [-0.05, 0) is 38.0 Å². The van der Waals surface area contributed by atoms with E-state index in [0.29, 0.717) is 11.6 Å². The molecule has 0 radical (unpaired) electrons. The van der Waals surface area contributed by atoms with Gasteiger partial charge in [0.2, 0.25) is 0 Å². The summed E-state index contributed by atoms with van der Waals surface area (Å²) in [7, 11) is 0. The second kappa shape index (κ2) is 7.82. The monoisotopic (exact) mass is 263 g/mol. The second-order valence-electron chi connectivity index (χ2n) is 5.18. The molecule has 0 fully saturated rings. The van der Waals surface area contributed by atoms with E-state index in [0.717, 1.165) is 17.7 Å². The van der Waals surface area contributed by atoms with Gasteiger partial charge in [0.15, 0.2) is 0 Å². The molecule has 1 atom stereocenters. The highest BCUT2D eigenvalue weighted by Crippen LogP contribution is 2.21. The maximum Gasteiger partial charge on any atom is 0.336 e. The van der Waals surface area contributed by atoms with Crippen molar-refractivity contribution >= 4 is 11.7 Å². The topological polar surface area (TPSA) is 49.3 Å². The zero-order chi connectivity index (χ0) is 14.3. The van der Waals surface area contributed by atoms with E-state index in [9.17, 15) is 4.79 Å². The zero-order valence-electron chi connectivity index (χ0n) is 12.2. The molecule has 1 rings (SSSR count). The van der Waals surface area contributed by atoms with Crippen molar-refractivity contribution < 1.29 is 9.90 Å². The van der Waals surface area contributed by atoms with Crippen LogP contribution in [0.25, 0.3) is 0 Å². The van der Waals surface area contributed by atoms with Crippen molar-refractivity contribution in [3.05, 3.63) is 29.3 Å². The summed E-state index contributed by atoms with van der Waals surface area (Å²) in [6, 6.07) is 5.77. The SMILES string of the molecule is CCCCCCC(C)Nc1cccc(C(=O)O)c1C. The highest BCUT2D eigenvalue weighted by molar-refractivity contribution is 5.91. The van der Waals surface area contributed by atoms with Crippen LogP contribution in [0.1, 0.15) is 61.9 Å². The number of aromatic carboxylic acids is 1. The van der Waals surface area contributed by atoms with Crippen LogP contribution in [0, 0.1) is 6.92 Å². The number of benzene rings is 1. The van der Waals surface area contributed by atoms with Crippen LogP contribution < -0.4 is 5.32 Å². The fraction of sp³-hybridized carbons (Fsp3) is 0.562. The second-order valence-corrected chi connectivity index (χ2v) is 5.18. The van der Waals surface area contributed by atoms with Crippen molar-refractivity contribution in [3.63, 3.8) is 0 Å². The molecule has 1 unspecified atom stereocenters. The molecule has 0 aliphatic heterocycles. The van der Waals surface area contributed by atoms with Crippen molar-refractivity contribution in [2.24, 2.45) is 0 Å². The van der Waals surface area contributed by atoms with Crippen molar-refractivity contribution in [2.75, 3.05) is 5.32 Å². The predicted molar refractivity (Wildman–Crippen MR) is 80.0 cm³/mol. The van der Waals surface area contributed by atoms with E-state index in [4.69, 9.17) is 5.11 Å². The third kappa shape index (κ3) is 4.93. The van der Waals surface area contributed by atoms with Crippen LogP contribution in [0.4, 0.5) is 5.69 Å². The Morgan fingerprint density at radius 2 is 2.05 bits per heavy atom. The number of nitrogens with one attached hydrogen (secondary N) is 1. The van der Waals surface area contributed by atoms with Gasteiger partial charge in [-0.25, -0.2) is 4.79 Å². The van der Waals surface area contributed by atoms with Crippen LogP contribution in [-0.4, -0.2) is 17.1 Å². The standard InChI is InChI=1S/C16H25NO2/c1-4-5-6-7-9-12(2)17-15-11-8-10-14(13(15)3)16(18)19/h8,10-12,17H,4-7,9H2,1-3H3,(H,18,19). The largest absolute Gasteiger partial charge is 0.478 e. The van der Waals surface area contributed by atoms with Crippen LogP contribution in [0.3, 0.4) is 0 Å². The molecule has 3 heteroatoms. The maximum atomic E-state index is 11.1. The molecule has 0 heterocycles. The van der Waals surface area contributed by atoms with E-state index in [1.807, 2.05) is 13.0 Å². The lowest BCUT2D eigenvalue weighted by Crippen LogP contribution is -2.16. The Hall–Kier alpha value is -1.51. The quantitative estimate of drug-likeness (QED) is 0.681. The molecule has 0 saturated heterocycles. The lowest BCUT2D eigenvalue weighted by molar-refractivity contribution is 0.0696. The Morgan fingerprint density at radius 1 is 1.32 bits per heavy atom. The molecule has 0 bridgehead atoms. The van der Waals surface area contributed by atoms with Gasteiger partial charge in [0, 0.05) is 11.7 Å². The van der Waals surface area contributed by atoms with Crippen LogP contribution in [-0.2, 0) is 0 Å². The van der Waals surface area contributed by atoms with Crippen LogP contribution in [0.2, 0.25) is 0 Å². The van der Waals surface area contributed by atoms with Gasteiger partial charge < -0.3 is 10.4 Å². The summed E-state index contributed by atoms with van der Waals surface area (Å²) in [5, 5.41) is 12.5. The van der Waals surface area contributed by atoms with E-state index in [1.54, 1.807) is 12.1 Å². The summed E-state index contributed by atoms with van der Waals surface area (Å²) in [5.41, 5.74) is 2.13. The first-order chi connectivity index (χ1) is 9.06. The minimum atomic E-state index is -0.864. The van der Waals surface area contributed by atoms with Crippen molar-refractivity contribution in [1.82, 2.24) is 0 Å². The van der Waals surface area contributed by atoms with E-state index in [-0.39, 0.29) is 0 Å². The number of carboxylic acids is 1. The first kappa shape index (κ1) is 15.5. The van der Waals surface area contributed by atoms with Crippen molar-refractivity contribution in [2.45, 2.75) is 58.9 Å². The molecule has 0 saturated carbocycles. The fourth-order valence-corrected chi connectivity index (χ4v) is 2.24. The Balaban J connectivity index is 2.57. The number of rotatable bonds is 8. The van der Waals surface area contributed by atoms with E-state index < -0.39 is 5.97 Å². The minimum Gasteiger partial charge on any atom is -0.478 e. The van der Waals surface area contributed by atoms with Gasteiger partial charge in [-0.15, -0.1) is 0 Å². The van der Waals surface area contributed by atoms with E-state index in [2.05, 4.69) is 19.2 Å². The third-order valence-corrected chi connectivity index (χ3v) is 3.46. The van der Waals surface area contributed by atoms with Crippen LogP contribution in [0.15, 0.2) is 18.2 Å². The zero-order valence-corrected chi connectivity index (χ0v) is 12.2. The van der Waals surface area contributed by atoms with E-state index >= 15 is 0 Å². The number of unbranched alkanes of at least 4 members (excludes halogenated alkanes) is 3. The van der Waals surface area contributed by atoms with Crippen molar-refractivity contribution in [3.8, 4) is 0 Å². The summed E-state index contributed by atoms with van der Waals surface area (Å²) in [5.74, 6) is -0.864. The maximum absolute atomic E-state index is 11.1. The lowest BCUT2D eigenvalue weighted by Gasteiger charge is -2.17. The summed E-state index contributed by atoms with van der Waals surface area (Å²) in [6.45, 7) is 6.22. The van der Waals surface area contributed by atoms with Gasteiger partial charge >= 0.3 is 5.97 Å². The molecule has 3 nitrogen and oxygen atoms in total. The van der Waals surface area contributed by atoms with Gasteiger partial charge in [0.05, 0.1) is 5.56 Å². The van der Waals surface area contributed by atoms with Gasteiger partial charge in [-0.1, -0.05) is 38.7 Å².